The third-order valence-electron chi connectivity index (χ3n) is 2.78. The monoisotopic (exact) mass is 441 g/mol. The molecule has 120 valence electrons. The van der Waals surface area contributed by atoms with Gasteiger partial charge in [0.2, 0.25) is 0 Å². The van der Waals surface area contributed by atoms with Crippen LogP contribution in [-0.4, -0.2) is 28.5 Å². The summed E-state index contributed by atoms with van der Waals surface area (Å²) in [5.74, 6) is -1.15. The Balaban J connectivity index is 1.95. The number of hydrogen-bond donors (Lipinski definition) is 1. The van der Waals surface area contributed by atoms with Crippen molar-refractivity contribution in [2.24, 2.45) is 0 Å². The van der Waals surface area contributed by atoms with Crippen LogP contribution in [0.4, 0.5) is 5.69 Å². The minimum absolute atomic E-state index is 0.0566. The molecule has 2 rings (SSSR count). The molecule has 23 heavy (non-hydrogen) atoms. The third kappa shape index (κ3) is 4.84. The van der Waals surface area contributed by atoms with Gasteiger partial charge in [0.15, 0.2) is 12.3 Å². The molecule has 0 aliphatic carbocycles. The molecule has 0 spiro atoms. The molecule has 1 N–H and O–H groups in total. The van der Waals surface area contributed by atoms with Gasteiger partial charge in [0.25, 0.3) is 5.91 Å². The minimum atomic E-state index is -0.699. The number of ether oxygens (including phenoxy) is 1. The molecule has 8 heteroatoms. The number of aromatic nitrogens is 2. The number of nitrogens with one attached hydrogen (secondary N) is 1. The van der Waals surface area contributed by atoms with Gasteiger partial charge in [-0.2, -0.15) is 0 Å². The van der Waals surface area contributed by atoms with Crippen LogP contribution in [0.1, 0.15) is 21.7 Å². The zero-order valence-corrected chi connectivity index (χ0v) is 15.6. The van der Waals surface area contributed by atoms with E-state index in [1.807, 2.05) is 19.1 Å². The van der Waals surface area contributed by atoms with Crippen molar-refractivity contribution in [3.8, 4) is 0 Å². The number of carbonyl (C=O) groups excluding carboxylic acids is 2. The van der Waals surface area contributed by atoms with Crippen LogP contribution in [0.15, 0.2) is 33.5 Å². The zero-order chi connectivity index (χ0) is 17.0. The number of esters is 1. The van der Waals surface area contributed by atoms with Gasteiger partial charge in [0.1, 0.15) is 0 Å². The highest BCUT2D eigenvalue weighted by Gasteiger charge is 2.14. The second-order valence-corrected chi connectivity index (χ2v) is 6.48. The number of nitrogens with zero attached hydrogens (tertiary/aromatic N) is 2. The number of amides is 1. The van der Waals surface area contributed by atoms with E-state index in [2.05, 4.69) is 47.1 Å². The first-order valence-electron chi connectivity index (χ1n) is 6.58. The lowest BCUT2D eigenvalue weighted by atomic mass is 10.2. The summed E-state index contributed by atoms with van der Waals surface area (Å²) in [5, 5.41) is 2.68. The summed E-state index contributed by atoms with van der Waals surface area (Å²) in [5.41, 5.74) is 2.35. The van der Waals surface area contributed by atoms with Crippen molar-refractivity contribution in [1.29, 1.82) is 0 Å². The Morgan fingerprint density at radius 3 is 2.35 bits per heavy atom. The Labute approximate surface area is 149 Å². The van der Waals surface area contributed by atoms with E-state index < -0.39 is 18.5 Å². The highest BCUT2D eigenvalue weighted by atomic mass is 79.9. The summed E-state index contributed by atoms with van der Waals surface area (Å²) in [6, 6.07) is 3.74. The molecule has 1 amide bonds. The van der Waals surface area contributed by atoms with Crippen LogP contribution >= 0.6 is 31.9 Å². The number of carbonyl (C=O) groups is 2. The largest absolute Gasteiger partial charge is 0.451 e. The fraction of sp³-hybridized carbons (Fsp3) is 0.200. The van der Waals surface area contributed by atoms with E-state index in [0.29, 0.717) is 11.4 Å². The quantitative estimate of drug-likeness (QED) is 0.733. The predicted molar refractivity (Wildman–Crippen MR) is 92.3 cm³/mol. The van der Waals surface area contributed by atoms with Crippen LogP contribution in [0, 0.1) is 13.8 Å². The van der Waals surface area contributed by atoms with Crippen molar-refractivity contribution in [3.05, 3.63) is 50.4 Å². The molecule has 6 nitrogen and oxygen atoms in total. The Morgan fingerprint density at radius 2 is 1.78 bits per heavy atom. The second kappa shape index (κ2) is 7.65. The van der Waals surface area contributed by atoms with Gasteiger partial charge in [-0.3, -0.25) is 9.78 Å². The molecule has 0 aliphatic rings. The Morgan fingerprint density at radius 1 is 1.13 bits per heavy atom. The van der Waals surface area contributed by atoms with Gasteiger partial charge in [0, 0.05) is 15.1 Å². The van der Waals surface area contributed by atoms with Gasteiger partial charge >= 0.3 is 5.97 Å². The zero-order valence-electron chi connectivity index (χ0n) is 12.4. The van der Waals surface area contributed by atoms with Crippen molar-refractivity contribution >= 4 is 49.4 Å². The van der Waals surface area contributed by atoms with Gasteiger partial charge in [-0.25, -0.2) is 9.78 Å². The molecular formula is C15H13Br2N3O3. The van der Waals surface area contributed by atoms with Gasteiger partial charge in [-0.15, -0.1) is 0 Å². The van der Waals surface area contributed by atoms with Crippen LogP contribution in [0.25, 0.3) is 0 Å². The fourth-order valence-electron chi connectivity index (χ4n) is 1.70. The molecule has 0 aliphatic heterocycles. The summed E-state index contributed by atoms with van der Waals surface area (Å²) in [6.45, 7) is 3.28. The lowest BCUT2D eigenvalue weighted by Gasteiger charge is -2.11. The highest BCUT2D eigenvalue weighted by molar-refractivity contribution is 9.11. The molecule has 1 heterocycles. The maximum Gasteiger partial charge on any atom is 0.359 e. The van der Waals surface area contributed by atoms with E-state index in [0.717, 1.165) is 14.5 Å². The normalized spacial score (nSPS) is 10.3. The average molecular weight is 443 g/mol. The van der Waals surface area contributed by atoms with Gasteiger partial charge in [-0.1, -0.05) is 0 Å². The summed E-state index contributed by atoms with van der Waals surface area (Å²) in [4.78, 5) is 31.5. The smallest absolute Gasteiger partial charge is 0.359 e. The van der Waals surface area contributed by atoms with E-state index in [1.165, 1.54) is 12.4 Å². The van der Waals surface area contributed by atoms with Crippen molar-refractivity contribution in [2.45, 2.75) is 13.8 Å². The SMILES string of the molecule is Cc1cc(Br)c(NC(=O)COC(=O)c2cnc(C)cn2)c(Br)c1. The predicted octanol–water partition coefficient (Wildman–Crippen LogP) is 3.41. The van der Waals surface area contributed by atoms with Crippen LogP contribution in [0.2, 0.25) is 0 Å². The van der Waals surface area contributed by atoms with Crippen LogP contribution < -0.4 is 5.32 Å². The molecule has 0 bridgehead atoms. The number of aryl methyl sites for hydroxylation is 2. The lowest BCUT2D eigenvalue weighted by Crippen LogP contribution is -2.22. The van der Waals surface area contributed by atoms with E-state index >= 15 is 0 Å². The maximum absolute atomic E-state index is 11.9. The third-order valence-corrected chi connectivity index (χ3v) is 4.03. The molecule has 1 aromatic heterocycles. The van der Waals surface area contributed by atoms with Crippen molar-refractivity contribution in [2.75, 3.05) is 11.9 Å². The molecule has 0 atom stereocenters. The van der Waals surface area contributed by atoms with Crippen LogP contribution in [-0.2, 0) is 9.53 Å². The van der Waals surface area contributed by atoms with Gasteiger partial charge < -0.3 is 10.1 Å². The highest BCUT2D eigenvalue weighted by Crippen LogP contribution is 2.32. The molecule has 0 radical (unpaired) electrons. The Kier molecular flexibility index (Phi) is 5.84. The first kappa shape index (κ1) is 17.6. The molecular weight excluding hydrogens is 430 g/mol. The molecule has 0 fully saturated rings. The summed E-state index contributed by atoms with van der Waals surface area (Å²) < 4.78 is 6.38. The number of halogens is 2. The molecule has 1 aromatic carbocycles. The summed E-state index contributed by atoms with van der Waals surface area (Å²) >= 11 is 6.76. The van der Waals surface area contributed by atoms with Crippen LogP contribution in [0.5, 0.6) is 0 Å². The number of benzene rings is 1. The van der Waals surface area contributed by atoms with Crippen molar-refractivity contribution < 1.29 is 14.3 Å². The van der Waals surface area contributed by atoms with Gasteiger partial charge in [0.05, 0.1) is 17.6 Å². The second-order valence-electron chi connectivity index (χ2n) is 4.77. The number of anilines is 1. The summed E-state index contributed by atoms with van der Waals surface area (Å²) in [7, 11) is 0. The standard InChI is InChI=1S/C15H13Br2N3O3/c1-8-3-10(16)14(11(17)4-8)20-13(21)7-23-15(22)12-6-18-9(2)5-19-12/h3-6H,7H2,1-2H3,(H,20,21). The number of rotatable bonds is 4. The summed E-state index contributed by atoms with van der Waals surface area (Å²) in [6.07, 6.45) is 2.76. The first-order chi connectivity index (χ1) is 10.9. The Bertz CT molecular complexity index is 725. The van der Waals surface area contributed by atoms with E-state index in [-0.39, 0.29) is 5.69 Å². The molecule has 0 unspecified atom stereocenters. The molecule has 2 aromatic rings. The number of hydrogen-bond acceptors (Lipinski definition) is 5. The lowest BCUT2D eigenvalue weighted by molar-refractivity contribution is -0.119. The average Bonchev–Trinajstić information content (AvgIpc) is 2.49. The van der Waals surface area contributed by atoms with Crippen molar-refractivity contribution in [1.82, 2.24) is 9.97 Å². The topological polar surface area (TPSA) is 81.2 Å². The Hall–Kier alpha value is -1.80. The molecule has 0 saturated heterocycles. The minimum Gasteiger partial charge on any atom is -0.451 e. The van der Waals surface area contributed by atoms with E-state index in [4.69, 9.17) is 4.74 Å². The van der Waals surface area contributed by atoms with E-state index in [1.54, 1.807) is 6.92 Å². The van der Waals surface area contributed by atoms with Crippen molar-refractivity contribution in [3.63, 3.8) is 0 Å². The molecule has 0 saturated carbocycles. The first-order valence-corrected chi connectivity index (χ1v) is 8.16. The maximum atomic E-state index is 11.9. The fourth-order valence-corrected chi connectivity index (χ4v) is 3.31. The van der Waals surface area contributed by atoms with Crippen LogP contribution in [0.3, 0.4) is 0 Å². The van der Waals surface area contributed by atoms with Gasteiger partial charge in [-0.05, 0) is 63.4 Å². The van der Waals surface area contributed by atoms with E-state index in [9.17, 15) is 9.59 Å².